The largest absolute Gasteiger partial charge is 0.497 e. The normalized spacial score (nSPS) is 13.6. The molecule has 152 valence electrons. The van der Waals surface area contributed by atoms with Crippen molar-refractivity contribution in [3.8, 4) is 5.75 Å². The number of methoxy groups -OCH3 is 1. The molecule has 1 aliphatic heterocycles. The molecule has 8 heteroatoms. The zero-order valence-electron chi connectivity index (χ0n) is 16.3. The highest BCUT2D eigenvalue weighted by Crippen LogP contribution is 2.22. The lowest BCUT2D eigenvalue weighted by Gasteiger charge is -2.22. The first-order chi connectivity index (χ1) is 13.9. The molecule has 3 rings (SSSR count). The highest BCUT2D eigenvalue weighted by Gasteiger charge is 2.32. The van der Waals surface area contributed by atoms with Crippen LogP contribution in [-0.4, -0.2) is 61.4 Å². The predicted molar refractivity (Wildman–Crippen MR) is 110 cm³/mol. The van der Waals surface area contributed by atoms with Crippen molar-refractivity contribution in [2.24, 2.45) is 0 Å². The molecule has 0 aliphatic carbocycles. The smallest absolute Gasteiger partial charge is 0.248 e. The van der Waals surface area contributed by atoms with Gasteiger partial charge in [-0.3, -0.25) is 19.3 Å². The Morgan fingerprint density at radius 3 is 2.38 bits per heavy atom. The molecule has 0 saturated carbocycles. The maximum Gasteiger partial charge on any atom is 0.248 e. The Morgan fingerprint density at radius 2 is 1.76 bits per heavy atom. The Hall–Kier alpha value is -3.06. The van der Waals surface area contributed by atoms with E-state index in [1.54, 1.807) is 50.6 Å². The van der Waals surface area contributed by atoms with Crippen LogP contribution in [0.3, 0.4) is 0 Å². The second-order valence-corrected chi connectivity index (χ2v) is 7.24. The van der Waals surface area contributed by atoms with Crippen molar-refractivity contribution in [3.05, 3.63) is 59.1 Å². The molecule has 2 aromatic carbocycles. The van der Waals surface area contributed by atoms with Crippen LogP contribution in [0.25, 0.3) is 0 Å². The summed E-state index contributed by atoms with van der Waals surface area (Å²) in [5, 5.41) is 0.574. The molecule has 1 aliphatic rings. The van der Waals surface area contributed by atoms with Crippen molar-refractivity contribution in [1.29, 1.82) is 0 Å². The maximum absolute atomic E-state index is 12.6. The van der Waals surface area contributed by atoms with Crippen molar-refractivity contribution in [1.82, 2.24) is 9.80 Å². The third-order valence-corrected chi connectivity index (χ3v) is 4.99. The third-order valence-electron chi connectivity index (χ3n) is 4.74. The van der Waals surface area contributed by atoms with E-state index in [0.29, 0.717) is 16.5 Å². The first kappa shape index (κ1) is 20.7. The average molecular weight is 416 g/mol. The summed E-state index contributed by atoms with van der Waals surface area (Å²) in [7, 11) is 3.16. The van der Waals surface area contributed by atoms with E-state index in [1.807, 2.05) is 12.1 Å². The summed E-state index contributed by atoms with van der Waals surface area (Å²) >= 11 is 5.88. The molecular weight excluding hydrogens is 394 g/mol. The summed E-state index contributed by atoms with van der Waals surface area (Å²) in [6.45, 7) is 0.0541. The minimum Gasteiger partial charge on any atom is -0.497 e. The Bertz CT molecular complexity index is 899. The van der Waals surface area contributed by atoms with Crippen molar-refractivity contribution < 1.29 is 19.1 Å². The van der Waals surface area contributed by atoms with Gasteiger partial charge in [0, 0.05) is 17.8 Å². The van der Waals surface area contributed by atoms with Gasteiger partial charge in [-0.2, -0.15) is 0 Å². The zero-order valence-corrected chi connectivity index (χ0v) is 17.1. The molecule has 0 radical (unpaired) electrons. The second kappa shape index (κ2) is 8.96. The molecule has 0 bridgehead atoms. The van der Waals surface area contributed by atoms with Crippen LogP contribution >= 0.6 is 11.6 Å². The van der Waals surface area contributed by atoms with E-state index < -0.39 is 0 Å². The van der Waals surface area contributed by atoms with Gasteiger partial charge in [0.2, 0.25) is 17.7 Å². The lowest BCUT2D eigenvalue weighted by molar-refractivity contribution is -0.138. The number of likely N-dealkylation sites (N-methyl/N-ethyl adjacent to an activating group) is 1. The van der Waals surface area contributed by atoms with Crippen molar-refractivity contribution in [3.63, 3.8) is 0 Å². The van der Waals surface area contributed by atoms with Gasteiger partial charge in [0.15, 0.2) is 0 Å². The first-order valence-corrected chi connectivity index (χ1v) is 9.46. The molecule has 0 aromatic heterocycles. The Labute approximate surface area is 174 Å². The molecular formula is C21H22ClN3O4. The maximum atomic E-state index is 12.6. The topological polar surface area (TPSA) is 70.2 Å². The standard InChI is InChI=1S/C21H22ClN3O4/c1-23(19(26)11-15-3-9-18(29-2)10-4-15)12-20(27)24-13-21(28)25(14-24)17-7-5-16(22)6-8-17/h3-10H,11-14H2,1-2H3. The second-order valence-electron chi connectivity index (χ2n) is 6.81. The molecule has 0 unspecified atom stereocenters. The van der Waals surface area contributed by atoms with Gasteiger partial charge in [-0.15, -0.1) is 0 Å². The van der Waals surface area contributed by atoms with Crippen LogP contribution in [-0.2, 0) is 20.8 Å². The van der Waals surface area contributed by atoms with Crippen LogP contribution < -0.4 is 9.64 Å². The fraction of sp³-hybridized carbons (Fsp3) is 0.286. The molecule has 2 aromatic rings. The number of hydrogen-bond donors (Lipinski definition) is 0. The van der Waals surface area contributed by atoms with Crippen molar-refractivity contribution in [2.75, 3.05) is 38.8 Å². The van der Waals surface area contributed by atoms with E-state index in [9.17, 15) is 14.4 Å². The number of anilines is 1. The fourth-order valence-electron chi connectivity index (χ4n) is 3.01. The molecule has 1 heterocycles. The van der Waals surface area contributed by atoms with Crippen LogP contribution in [0, 0.1) is 0 Å². The van der Waals surface area contributed by atoms with Gasteiger partial charge in [-0.05, 0) is 42.0 Å². The van der Waals surface area contributed by atoms with Crippen LogP contribution in [0.4, 0.5) is 5.69 Å². The number of halogens is 1. The molecule has 29 heavy (non-hydrogen) atoms. The number of rotatable bonds is 6. The summed E-state index contributed by atoms with van der Waals surface area (Å²) in [5.74, 6) is 0.0885. The molecule has 0 spiro atoms. The molecule has 1 saturated heterocycles. The molecule has 0 atom stereocenters. The van der Waals surface area contributed by atoms with E-state index >= 15 is 0 Å². The first-order valence-electron chi connectivity index (χ1n) is 9.08. The lowest BCUT2D eigenvalue weighted by atomic mass is 10.1. The summed E-state index contributed by atoms with van der Waals surface area (Å²) in [5.41, 5.74) is 1.51. The zero-order chi connectivity index (χ0) is 21.0. The fourth-order valence-corrected chi connectivity index (χ4v) is 3.13. The number of ether oxygens (including phenoxy) is 1. The van der Waals surface area contributed by atoms with Crippen LogP contribution in [0.1, 0.15) is 5.56 Å². The molecule has 0 N–H and O–H groups in total. The van der Waals surface area contributed by atoms with Crippen molar-refractivity contribution >= 4 is 35.0 Å². The van der Waals surface area contributed by atoms with E-state index in [1.165, 1.54) is 14.7 Å². The van der Waals surface area contributed by atoms with E-state index in [-0.39, 0.29) is 43.9 Å². The van der Waals surface area contributed by atoms with Crippen LogP contribution in [0.2, 0.25) is 5.02 Å². The third kappa shape index (κ3) is 5.06. The Morgan fingerprint density at radius 1 is 1.10 bits per heavy atom. The van der Waals surface area contributed by atoms with Crippen molar-refractivity contribution in [2.45, 2.75) is 6.42 Å². The number of hydrogen-bond acceptors (Lipinski definition) is 4. The van der Waals surface area contributed by atoms with Gasteiger partial charge in [-0.1, -0.05) is 23.7 Å². The number of amides is 3. The number of nitrogens with zero attached hydrogens (tertiary/aromatic N) is 3. The van der Waals surface area contributed by atoms with Crippen LogP contribution in [0.5, 0.6) is 5.75 Å². The number of carbonyl (C=O) groups excluding carboxylic acids is 3. The average Bonchev–Trinajstić information content (AvgIpc) is 3.11. The quantitative estimate of drug-likeness (QED) is 0.725. The van der Waals surface area contributed by atoms with E-state index in [4.69, 9.17) is 16.3 Å². The summed E-state index contributed by atoms with van der Waals surface area (Å²) in [6.07, 6.45) is 0.184. The van der Waals surface area contributed by atoms with Gasteiger partial charge in [0.25, 0.3) is 0 Å². The highest BCUT2D eigenvalue weighted by molar-refractivity contribution is 6.30. The summed E-state index contributed by atoms with van der Waals surface area (Å²) in [6, 6.07) is 14.1. The number of benzene rings is 2. The Balaban J connectivity index is 1.55. The Kier molecular flexibility index (Phi) is 6.39. The monoisotopic (exact) mass is 415 g/mol. The number of carbonyl (C=O) groups is 3. The summed E-state index contributed by atoms with van der Waals surface area (Å²) < 4.78 is 5.10. The van der Waals surface area contributed by atoms with E-state index in [0.717, 1.165) is 5.56 Å². The minimum atomic E-state index is -0.277. The predicted octanol–water partition coefficient (Wildman–Crippen LogP) is 2.18. The lowest BCUT2D eigenvalue weighted by Crippen LogP contribution is -2.41. The van der Waals surface area contributed by atoms with Gasteiger partial charge < -0.3 is 14.5 Å². The van der Waals surface area contributed by atoms with Gasteiger partial charge in [0.05, 0.1) is 20.1 Å². The highest BCUT2D eigenvalue weighted by atomic mass is 35.5. The van der Waals surface area contributed by atoms with Crippen LogP contribution in [0.15, 0.2) is 48.5 Å². The molecule has 1 fully saturated rings. The van der Waals surface area contributed by atoms with Gasteiger partial charge in [-0.25, -0.2) is 0 Å². The SMILES string of the molecule is COc1ccc(CC(=O)N(C)CC(=O)N2CC(=O)N(c3ccc(Cl)cc3)C2)cc1. The molecule has 3 amide bonds. The van der Waals surface area contributed by atoms with Gasteiger partial charge >= 0.3 is 0 Å². The summed E-state index contributed by atoms with van der Waals surface area (Å²) in [4.78, 5) is 41.7. The molecule has 7 nitrogen and oxygen atoms in total. The van der Waals surface area contributed by atoms with Gasteiger partial charge in [0.1, 0.15) is 19.0 Å². The van der Waals surface area contributed by atoms with E-state index in [2.05, 4.69) is 0 Å². The minimum absolute atomic E-state index is 0.0119.